The van der Waals surface area contributed by atoms with Crippen LogP contribution in [-0.4, -0.2) is 45.0 Å². The van der Waals surface area contributed by atoms with Crippen LogP contribution in [0.5, 0.6) is 11.5 Å². The molecule has 1 saturated heterocycles. The molecule has 3 aliphatic heterocycles. The summed E-state index contributed by atoms with van der Waals surface area (Å²) in [6.45, 7) is 9.34. The summed E-state index contributed by atoms with van der Waals surface area (Å²) >= 11 is 0. The van der Waals surface area contributed by atoms with E-state index in [-0.39, 0.29) is 19.4 Å². The number of carbonyl (C=O) groups is 2. The topological polar surface area (TPSA) is 90.3 Å². The summed E-state index contributed by atoms with van der Waals surface area (Å²) in [7, 11) is 0. The van der Waals surface area contributed by atoms with Gasteiger partial charge >= 0.3 is 12.0 Å². The molecular formula is C22H30N3O5+. The molecule has 3 N–H and O–H groups in total. The van der Waals surface area contributed by atoms with Gasteiger partial charge in [-0.1, -0.05) is 19.9 Å². The van der Waals surface area contributed by atoms with Gasteiger partial charge in [-0.15, -0.1) is 0 Å². The molecular weight excluding hydrogens is 386 g/mol. The Balaban J connectivity index is 1.69. The van der Waals surface area contributed by atoms with E-state index in [4.69, 9.17) is 14.2 Å². The average Bonchev–Trinajstić information content (AvgIpc) is 3.14. The Morgan fingerprint density at radius 3 is 2.67 bits per heavy atom. The third kappa shape index (κ3) is 4.23. The van der Waals surface area contributed by atoms with Gasteiger partial charge in [-0.05, 0) is 31.0 Å². The van der Waals surface area contributed by atoms with Gasteiger partial charge in [0.25, 0.3) is 0 Å². The number of rotatable bonds is 5. The minimum atomic E-state index is -0.610. The molecule has 1 unspecified atom stereocenters. The molecule has 8 nitrogen and oxygen atoms in total. The quantitative estimate of drug-likeness (QED) is 0.627. The number of carbonyl (C=O) groups excluding carboxylic acids is 2. The molecule has 0 saturated carbocycles. The fourth-order valence-electron chi connectivity index (χ4n) is 4.87. The molecule has 4 atom stereocenters. The Bertz CT molecular complexity index is 858. The zero-order chi connectivity index (χ0) is 21.3. The van der Waals surface area contributed by atoms with E-state index in [1.165, 1.54) is 11.3 Å². The van der Waals surface area contributed by atoms with Gasteiger partial charge in [0.05, 0.1) is 37.0 Å². The van der Waals surface area contributed by atoms with Crippen molar-refractivity contribution in [2.45, 2.75) is 33.2 Å². The molecule has 1 aromatic carbocycles. The van der Waals surface area contributed by atoms with Crippen LogP contribution in [-0.2, 0) is 9.53 Å². The first kappa shape index (κ1) is 20.5. The first-order valence-electron chi connectivity index (χ1n) is 10.6. The fourth-order valence-corrected chi connectivity index (χ4v) is 4.87. The minimum Gasteiger partial charge on any atom is -0.463 e. The Labute approximate surface area is 176 Å². The van der Waals surface area contributed by atoms with E-state index in [0.717, 1.165) is 18.7 Å². The second kappa shape index (κ2) is 8.55. The lowest BCUT2D eigenvalue weighted by atomic mass is 9.91. The number of likely N-dealkylation sites (tertiary alicyclic amines) is 1. The highest BCUT2D eigenvalue weighted by Gasteiger charge is 2.37. The van der Waals surface area contributed by atoms with Crippen LogP contribution in [0.15, 0.2) is 29.5 Å². The summed E-state index contributed by atoms with van der Waals surface area (Å²) in [5.74, 6) is 2.06. The first-order valence-corrected chi connectivity index (χ1v) is 10.6. The van der Waals surface area contributed by atoms with Gasteiger partial charge in [0.15, 0.2) is 11.5 Å². The van der Waals surface area contributed by atoms with Crippen LogP contribution in [0.2, 0.25) is 0 Å². The van der Waals surface area contributed by atoms with Crippen molar-refractivity contribution in [1.29, 1.82) is 0 Å². The van der Waals surface area contributed by atoms with Crippen molar-refractivity contribution < 1.29 is 28.7 Å². The summed E-state index contributed by atoms with van der Waals surface area (Å²) in [6, 6.07) is 4.53. The second-order valence-electron chi connectivity index (χ2n) is 8.54. The van der Waals surface area contributed by atoms with Crippen LogP contribution < -0.4 is 25.0 Å². The monoisotopic (exact) mass is 416 g/mol. The largest absolute Gasteiger partial charge is 0.463 e. The van der Waals surface area contributed by atoms with E-state index >= 15 is 0 Å². The first-order chi connectivity index (χ1) is 14.4. The highest BCUT2D eigenvalue weighted by Crippen LogP contribution is 2.37. The van der Waals surface area contributed by atoms with Gasteiger partial charge in [0.2, 0.25) is 6.79 Å². The van der Waals surface area contributed by atoms with Gasteiger partial charge in [-0.2, -0.15) is 0 Å². The number of fused-ring (bicyclic) bond motifs is 1. The second-order valence-corrected chi connectivity index (χ2v) is 8.54. The molecule has 0 bridgehead atoms. The van der Waals surface area contributed by atoms with Crippen LogP contribution in [0.4, 0.5) is 4.79 Å². The van der Waals surface area contributed by atoms with Crippen molar-refractivity contribution in [2.75, 3.05) is 33.0 Å². The van der Waals surface area contributed by atoms with Crippen molar-refractivity contribution in [1.82, 2.24) is 10.6 Å². The zero-order valence-electron chi connectivity index (χ0n) is 17.7. The molecule has 0 aliphatic carbocycles. The van der Waals surface area contributed by atoms with Crippen molar-refractivity contribution >= 4 is 12.0 Å². The van der Waals surface area contributed by atoms with E-state index in [2.05, 4.69) is 24.5 Å². The molecule has 0 radical (unpaired) electrons. The molecule has 0 aromatic heterocycles. The maximum atomic E-state index is 13.0. The number of esters is 1. The Morgan fingerprint density at radius 2 is 1.93 bits per heavy atom. The molecule has 2 amide bonds. The van der Waals surface area contributed by atoms with Crippen LogP contribution in [0.1, 0.15) is 38.8 Å². The van der Waals surface area contributed by atoms with Gasteiger partial charge in [-0.3, -0.25) is 0 Å². The molecule has 3 heterocycles. The van der Waals surface area contributed by atoms with E-state index in [9.17, 15) is 9.59 Å². The van der Waals surface area contributed by atoms with Gasteiger partial charge in [0.1, 0.15) is 6.54 Å². The molecule has 8 heteroatoms. The third-order valence-electron chi connectivity index (χ3n) is 5.88. The van der Waals surface area contributed by atoms with E-state index < -0.39 is 12.0 Å². The average molecular weight is 416 g/mol. The lowest BCUT2D eigenvalue weighted by Crippen LogP contribution is -3.14. The summed E-state index contributed by atoms with van der Waals surface area (Å²) in [4.78, 5) is 26.8. The van der Waals surface area contributed by atoms with Crippen molar-refractivity contribution in [3.63, 3.8) is 0 Å². The molecule has 162 valence electrons. The van der Waals surface area contributed by atoms with Crippen LogP contribution in [0.25, 0.3) is 0 Å². The SMILES string of the molecule is CCOC(=O)C1=C(C[NH+]2C[C@H](C)C[C@H](C)C2)NC(=O)N[C@H]1c1ccc2c(c1)OCO2. The number of ether oxygens (including phenoxy) is 3. The molecule has 30 heavy (non-hydrogen) atoms. The summed E-state index contributed by atoms with van der Waals surface area (Å²) in [5, 5.41) is 5.77. The molecule has 4 rings (SSSR count). The number of hydrogen-bond donors (Lipinski definition) is 3. The van der Waals surface area contributed by atoms with Crippen molar-refractivity contribution in [2.24, 2.45) is 11.8 Å². The Morgan fingerprint density at radius 1 is 1.20 bits per heavy atom. The van der Waals surface area contributed by atoms with Crippen molar-refractivity contribution in [3.05, 3.63) is 35.0 Å². The number of quaternary nitrogens is 1. The number of benzene rings is 1. The number of hydrogen-bond acceptors (Lipinski definition) is 5. The standard InChI is InChI=1S/C22H29N3O5/c1-4-28-21(26)19-16(11-25-9-13(2)7-14(3)10-25)23-22(27)24-20(19)15-5-6-17-18(8-15)30-12-29-17/h5-6,8,13-14,20H,4,7,9-12H2,1-3H3,(H2,23,24,27)/p+1/t13-,14+,20-/m0/s1. The Hall–Kier alpha value is -2.74. The van der Waals surface area contributed by atoms with Crippen LogP contribution >= 0.6 is 0 Å². The van der Waals surface area contributed by atoms with E-state index in [1.807, 2.05) is 12.1 Å². The fraction of sp³-hybridized carbons (Fsp3) is 0.545. The summed E-state index contributed by atoms with van der Waals surface area (Å²) in [5.41, 5.74) is 1.84. The molecule has 1 aromatic rings. The Kier molecular flexibility index (Phi) is 5.85. The van der Waals surface area contributed by atoms with Crippen molar-refractivity contribution in [3.8, 4) is 11.5 Å². The van der Waals surface area contributed by atoms with E-state index in [1.54, 1.807) is 13.0 Å². The molecule has 1 fully saturated rings. The van der Waals surface area contributed by atoms with Gasteiger partial charge in [0, 0.05) is 11.8 Å². The maximum Gasteiger partial charge on any atom is 0.338 e. The minimum absolute atomic E-state index is 0.165. The van der Waals surface area contributed by atoms with Crippen LogP contribution in [0, 0.1) is 11.8 Å². The lowest BCUT2D eigenvalue weighted by Gasteiger charge is -2.35. The van der Waals surface area contributed by atoms with Gasteiger partial charge in [-0.25, -0.2) is 9.59 Å². The summed E-state index contributed by atoms with van der Waals surface area (Å²) < 4.78 is 16.2. The maximum absolute atomic E-state index is 13.0. The number of urea groups is 1. The summed E-state index contributed by atoms with van der Waals surface area (Å²) in [6.07, 6.45) is 1.21. The molecule has 3 aliphatic rings. The van der Waals surface area contributed by atoms with Gasteiger partial charge < -0.3 is 29.7 Å². The normalized spacial score (nSPS) is 28.0. The number of amides is 2. The van der Waals surface area contributed by atoms with Crippen LogP contribution in [0.3, 0.4) is 0 Å². The van der Waals surface area contributed by atoms with E-state index in [0.29, 0.717) is 41.1 Å². The lowest BCUT2D eigenvalue weighted by molar-refractivity contribution is -0.907. The highest BCUT2D eigenvalue weighted by atomic mass is 16.7. The number of nitrogens with one attached hydrogen (secondary N) is 3. The number of piperidine rings is 1. The zero-order valence-corrected chi connectivity index (χ0v) is 17.7. The predicted octanol–water partition coefficient (Wildman–Crippen LogP) is 1.15. The predicted molar refractivity (Wildman–Crippen MR) is 109 cm³/mol. The molecule has 0 spiro atoms. The highest BCUT2D eigenvalue weighted by molar-refractivity contribution is 5.95. The smallest absolute Gasteiger partial charge is 0.338 e. The third-order valence-corrected chi connectivity index (χ3v) is 5.88.